The molecule has 1 unspecified atom stereocenters. The van der Waals surface area contributed by atoms with Crippen LogP contribution >= 0.6 is 0 Å². The first-order valence-corrected chi connectivity index (χ1v) is 11.1. The van der Waals surface area contributed by atoms with Gasteiger partial charge in [0, 0.05) is 11.3 Å². The summed E-state index contributed by atoms with van der Waals surface area (Å²) in [5, 5.41) is 11.1. The van der Waals surface area contributed by atoms with Gasteiger partial charge in [0.05, 0.1) is 23.3 Å². The number of nitrogens with zero attached hydrogens (tertiary/aromatic N) is 1. The van der Waals surface area contributed by atoms with Crippen molar-refractivity contribution < 1.29 is 28.6 Å². The zero-order valence-corrected chi connectivity index (χ0v) is 19.5. The number of esters is 1. The van der Waals surface area contributed by atoms with Gasteiger partial charge in [0.25, 0.3) is 11.7 Å². The predicted octanol–water partition coefficient (Wildman–Crippen LogP) is 5.33. The fourth-order valence-electron chi connectivity index (χ4n) is 4.08. The maximum atomic E-state index is 13.5. The summed E-state index contributed by atoms with van der Waals surface area (Å²) in [6, 6.07) is 17.5. The highest BCUT2D eigenvalue weighted by atomic mass is 19.1. The van der Waals surface area contributed by atoms with E-state index in [2.05, 4.69) is 0 Å². The minimum absolute atomic E-state index is 0.123. The highest BCUT2D eigenvalue weighted by Gasteiger charge is 2.47. The molecule has 1 atom stereocenters. The molecule has 1 saturated heterocycles. The number of ether oxygens (including phenoxy) is 1. The Bertz CT molecular complexity index is 1340. The lowest BCUT2D eigenvalue weighted by Crippen LogP contribution is -2.29. The van der Waals surface area contributed by atoms with Crippen molar-refractivity contribution in [1.29, 1.82) is 0 Å². The van der Waals surface area contributed by atoms with E-state index in [0.717, 1.165) is 17.7 Å². The van der Waals surface area contributed by atoms with Crippen molar-refractivity contribution in [2.75, 3.05) is 4.90 Å². The number of carbonyl (C=O) groups excluding carboxylic acids is 3. The van der Waals surface area contributed by atoms with Crippen molar-refractivity contribution in [3.05, 3.63) is 106 Å². The average Bonchev–Trinajstić information content (AvgIpc) is 3.09. The molecule has 1 heterocycles. The number of carbonyl (C=O) groups is 3. The summed E-state index contributed by atoms with van der Waals surface area (Å²) in [5.74, 6) is -3.20. The van der Waals surface area contributed by atoms with Crippen molar-refractivity contribution in [2.24, 2.45) is 0 Å². The number of aliphatic hydroxyl groups is 1. The molecule has 0 bridgehead atoms. The van der Waals surface area contributed by atoms with Crippen molar-refractivity contribution in [3.8, 4) is 0 Å². The number of aliphatic hydroxyl groups excluding tert-OH is 1. The number of rotatable bonds is 5. The molecule has 3 aromatic rings. The van der Waals surface area contributed by atoms with Crippen molar-refractivity contribution >= 4 is 29.1 Å². The summed E-state index contributed by atoms with van der Waals surface area (Å²) in [4.78, 5) is 40.3. The maximum Gasteiger partial charge on any atom is 0.338 e. The highest BCUT2D eigenvalue weighted by molar-refractivity contribution is 6.51. The number of Topliss-reactive ketones (excluding diaryl/α,β-unsaturated/α-hetero) is 1. The van der Waals surface area contributed by atoms with E-state index in [1.54, 1.807) is 44.2 Å². The van der Waals surface area contributed by atoms with Gasteiger partial charge in [-0.1, -0.05) is 35.9 Å². The molecule has 1 aliphatic heterocycles. The first kappa shape index (κ1) is 23.9. The van der Waals surface area contributed by atoms with Gasteiger partial charge in [0.15, 0.2) is 0 Å². The zero-order chi connectivity index (χ0) is 25.3. The van der Waals surface area contributed by atoms with E-state index in [9.17, 15) is 23.9 Å². The lowest BCUT2D eigenvalue weighted by Gasteiger charge is -2.26. The molecule has 0 aliphatic carbocycles. The largest absolute Gasteiger partial charge is 0.507 e. The quantitative estimate of drug-likeness (QED) is 0.235. The Morgan fingerprint density at radius 1 is 0.971 bits per heavy atom. The average molecular weight is 474 g/mol. The molecule has 7 heteroatoms. The van der Waals surface area contributed by atoms with E-state index in [1.165, 1.54) is 23.1 Å². The third kappa shape index (κ3) is 4.71. The molecule has 178 valence electrons. The third-order valence-corrected chi connectivity index (χ3v) is 5.62. The number of ketones is 1. The zero-order valence-electron chi connectivity index (χ0n) is 19.5. The number of anilines is 1. The topological polar surface area (TPSA) is 83.9 Å². The molecular formula is C28H24FNO5. The molecule has 0 spiro atoms. The molecule has 1 fully saturated rings. The number of aryl methyl sites for hydroxylation is 1. The van der Waals surface area contributed by atoms with Crippen LogP contribution in [0.3, 0.4) is 0 Å². The smallest absolute Gasteiger partial charge is 0.338 e. The summed E-state index contributed by atoms with van der Waals surface area (Å²) in [6.45, 7) is 5.33. The van der Waals surface area contributed by atoms with Crippen LogP contribution in [0.1, 0.15) is 46.9 Å². The molecule has 0 aromatic heterocycles. The van der Waals surface area contributed by atoms with Crippen LogP contribution in [0.25, 0.3) is 5.76 Å². The Kier molecular flexibility index (Phi) is 6.51. The van der Waals surface area contributed by atoms with E-state index in [-0.39, 0.29) is 22.8 Å². The van der Waals surface area contributed by atoms with E-state index in [1.807, 2.05) is 19.1 Å². The number of benzene rings is 3. The van der Waals surface area contributed by atoms with Crippen molar-refractivity contribution in [2.45, 2.75) is 32.9 Å². The maximum absolute atomic E-state index is 13.5. The molecular weight excluding hydrogens is 449 g/mol. The molecule has 3 aromatic carbocycles. The Hall–Kier alpha value is -4.26. The lowest BCUT2D eigenvalue weighted by atomic mass is 9.94. The van der Waals surface area contributed by atoms with Gasteiger partial charge in [-0.15, -0.1) is 0 Å². The van der Waals surface area contributed by atoms with Crippen LogP contribution in [-0.2, 0) is 14.3 Å². The first-order chi connectivity index (χ1) is 16.7. The second kappa shape index (κ2) is 9.54. The van der Waals surface area contributed by atoms with Gasteiger partial charge in [-0.25, -0.2) is 9.18 Å². The second-order valence-corrected chi connectivity index (χ2v) is 8.59. The standard InChI is InChI=1S/C28H24FNO5/c1-16(2)35-28(34)20-8-5-9-22(15-20)30-24(19-7-4-6-17(3)14-19)23(26(32)27(30)33)25(31)18-10-12-21(29)13-11-18/h4-16,24,31H,1-3H3/b25-23+. The molecule has 0 saturated carbocycles. The molecule has 35 heavy (non-hydrogen) atoms. The number of hydrogen-bond acceptors (Lipinski definition) is 5. The summed E-state index contributed by atoms with van der Waals surface area (Å²) < 4.78 is 18.7. The summed E-state index contributed by atoms with van der Waals surface area (Å²) >= 11 is 0. The fourth-order valence-corrected chi connectivity index (χ4v) is 4.08. The number of amides is 1. The third-order valence-electron chi connectivity index (χ3n) is 5.62. The van der Waals surface area contributed by atoms with Gasteiger partial charge in [0.1, 0.15) is 11.6 Å². The first-order valence-electron chi connectivity index (χ1n) is 11.1. The van der Waals surface area contributed by atoms with Crippen LogP contribution in [0, 0.1) is 12.7 Å². The van der Waals surface area contributed by atoms with Gasteiger partial charge in [-0.05, 0) is 68.8 Å². The minimum atomic E-state index is -0.962. The molecule has 6 nitrogen and oxygen atoms in total. The minimum Gasteiger partial charge on any atom is -0.507 e. The molecule has 1 aliphatic rings. The van der Waals surface area contributed by atoms with Crippen molar-refractivity contribution in [3.63, 3.8) is 0 Å². The van der Waals surface area contributed by atoms with Gasteiger partial charge in [0.2, 0.25) is 0 Å². The van der Waals surface area contributed by atoms with Gasteiger partial charge < -0.3 is 9.84 Å². The summed E-state index contributed by atoms with van der Waals surface area (Å²) in [7, 11) is 0. The van der Waals surface area contributed by atoms with Crippen LogP contribution in [-0.4, -0.2) is 28.9 Å². The SMILES string of the molecule is Cc1cccc(C2/C(=C(\O)c3ccc(F)cc3)C(=O)C(=O)N2c2cccc(C(=O)OC(C)C)c2)c1. The van der Waals surface area contributed by atoms with Gasteiger partial charge in [-0.3, -0.25) is 14.5 Å². The Morgan fingerprint density at radius 2 is 1.66 bits per heavy atom. The monoisotopic (exact) mass is 473 g/mol. The molecule has 1 amide bonds. The fraction of sp³-hybridized carbons (Fsp3) is 0.179. The Morgan fingerprint density at radius 3 is 2.31 bits per heavy atom. The number of hydrogen-bond donors (Lipinski definition) is 1. The van der Waals surface area contributed by atoms with Crippen molar-refractivity contribution in [1.82, 2.24) is 0 Å². The molecule has 0 radical (unpaired) electrons. The molecule has 4 rings (SSSR count). The predicted molar refractivity (Wildman–Crippen MR) is 129 cm³/mol. The lowest BCUT2D eigenvalue weighted by molar-refractivity contribution is -0.132. The van der Waals surface area contributed by atoms with E-state index < -0.39 is 35.3 Å². The van der Waals surface area contributed by atoms with Crippen LogP contribution in [0.5, 0.6) is 0 Å². The van der Waals surface area contributed by atoms with E-state index in [0.29, 0.717) is 11.3 Å². The van der Waals surface area contributed by atoms with Crippen LogP contribution < -0.4 is 4.90 Å². The van der Waals surface area contributed by atoms with E-state index in [4.69, 9.17) is 4.74 Å². The Balaban J connectivity index is 1.89. The Labute approximate surface area is 202 Å². The normalized spacial score (nSPS) is 17.2. The van der Waals surface area contributed by atoms with Crippen LogP contribution in [0.2, 0.25) is 0 Å². The summed E-state index contributed by atoms with van der Waals surface area (Å²) in [5.41, 5.74) is 2.10. The summed E-state index contributed by atoms with van der Waals surface area (Å²) in [6.07, 6.45) is -0.330. The second-order valence-electron chi connectivity index (χ2n) is 8.59. The van der Waals surface area contributed by atoms with Gasteiger partial charge >= 0.3 is 5.97 Å². The number of halogens is 1. The van der Waals surface area contributed by atoms with Gasteiger partial charge in [-0.2, -0.15) is 0 Å². The highest BCUT2D eigenvalue weighted by Crippen LogP contribution is 2.42. The van der Waals surface area contributed by atoms with Crippen LogP contribution in [0.15, 0.2) is 78.4 Å². The molecule has 1 N–H and O–H groups in total. The van der Waals surface area contributed by atoms with E-state index >= 15 is 0 Å². The van der Waals surface area contributed by atoms with Crippen LogP contribution in [0.4, 0.5) is 10.1 Å².